The first-order chi connectivity index (χ1) is 11.4. The van der Waals surface area contributed by atoms with Crippen LogP contribution < -0.4 is 15.8 Å². The Balaban J connectivity index is 1.83. The van der Waals surface area contributed by atoms with E-state index >= 15 is 0 Å². The van der Waals surface area contributed by atoms with Gasteiger partial charge in [0, 0.05) is 29.9 Å². The molecule has 4 N–H and O–H groups in total. The number of primary amides is 1. The molecule has 3 rings (SSSR count). The molecular weight excluding hydrogens is 312 g/mol. The summed E-state index contributed by atoms with van der Waals surface area (Å²) in [5, 5.41) is 14.4. The van der Waals surface area contributed by atoms with Gasteiger partial charge in [-0.05, 0) is 18.2 Å². The largest absolute Gasteiger partial charge is 0.481 e. The highest BCUT2D eigenvalue weighted by Gasteiger charge is 2.43. The normalized spacial score (nSPS) is 20.2. The van der Waals surface area contributed by atoms with Crippen LogP contribution in [-0.2, 0) is 4.79 Å². The van der Waals surface area contributed by atoms with Gasteiger partial charge in [0.05, 0.1) is 19.3 Å². The van der Waals surface area contributed by atoms with Gasteiger partial charge in [-0.1, -0.05) is 6.07 Å². The number of anilines is 1. The maximum atomic E-state index is 12.4. The number of carbonyl (C=O) groups is 2. The second-order valence-corrected chi connectivity index (χ2v) is 5.72. The monoisotopic (exact) mass is 330 g/mol. The highest BCUT2D eigenvalue weighted by Crippen LogP contribution is 2.29. The van der Waals surface area contributed by atoms with Gasteiger partial charge in [-0.3, -0.25) is 4.79 Å². The lowest BCUT2D eigenvalue weighted by Gasteiger charge is -2.21. The third-order valence-corrected chi connectivity index (χ3v) is 4.20. The van der Waals surface area contributed by atoms with Crippen molar-refractivity contribution >= 4 is 28.4 Å². The van der Waals surface area contributed by atoms with Gasteiger partial charge in [0.25, 0.3) is 5.91 Å². The van der Waals surface area contributed by atoms with Crippen LogP contribution in [0.4, 0.5) is 10.5 Å². The van der Waals surface area contributed by atoms with Crippen LogP contribution in [0.15, 0.2) is 30.5 Å². The number of hydrogen-bond acceptors (Lipinski definition) is 5. The first-order valence-corrected chi connectivity index (χ1v) is 7.44. The molecule has 1 aliphatic rings. The Labute approximate surface area is 138 Å². The number of urea groups is 1. The van der Waals surface area contributed by atoms with Crippen molar-refractivity contribution in [2.24, 2.45) is 5.73 Å². The zero-order valence-electron chi connectivity index (χ0n) is 13.2. The van der Waals surface area contributed by atoms with Crippen LogP contribution in [-0.4, -0.2) is 52.7 Å². The zero-order valence-corrected chi connectivity index (χ0v) is 13.2. The molecule has 126 valence electrons. The summed E-state index contributed by atoms with van der Waals surface area (Å²) >= 11 is 0. The molecule has 8 heteroatoms. The highest BCUT2D eigenvalue weighted by atomic mass is 16.5. The molecule has 0 bridgehead atoms. The van der Waals surface area contributed by atoms with Crippen LogP contribution in [0.3, 0.4) is 0 Å². The average molecular weight is 330 g/mol. The van der Waals surface area contributed by atoms with Crippen molar-refractivity contribution in [3.63, 3.8) is 0 Å². The number of nitrogens with one attached hydrogen (secondary N) is 1. The summed E-state index contributed by atoms with van der Waals surface area (Å²) in [6.45, 7) is 0.130. The van der Waals surface area contributed by atoms with Gasteiger partial charge in [-0.2, -0.15) is 0 Å². The molecule has 1 atom stereocenters. The summed E-state index contributed by atoms with van der Waals surface area (Å²) < 4.78 is 5.22. The summed E-state index contributed by atoms with van der Waals surface area (Å²) in [5.41, 5.74) is 4.11. The number of aliphatic hydroxyl groups is 1. The molecule has 0 spiro atoms. The predicted molar refractivity (Wildman–Crippen MR) is 87.6 cm³/mol. The predicted octanol–water partition coefficient (Wildman–Crippen LogP) is 0.697. The number of nitrogens with zero attached hydrogens (tertiary/aromatic N) is 2. The second kappa shape index (κ2) is 5.97. The number of methoxy groups -OCH3 is 1. The first-order valence-electron chi connectivity index (χ1n) is 7.44. The second-order valence-electron chi connectivity index (χ2n) is 5.72. The van der Waals surface area contributed by atoms with E-state index in [9.17, 15) is 14.7 Å². The molecule has 1 saturated heterocycles. The molecule has 1 aliphatic heterocycles. The molecule has 1 unspecified atom stereocenters. The minimum Gasteiger partial charge on any atom is -0.481 e. The van der Waals surface area contributed by atoms with Gasteiger partial charge in [-0.25, -0.2) is 9.78 Å². The zero-order chi connectivity index (χ0) is 17.3. The Morgan fingerprint density at radius 2 is 2.17 bits per heavy atom. The summed E-state index contributed by atoms with van der Waals surface area (Å²) in [7, 11) is 1.53. The van der Waals surface area contributed by atoms with Crippen LogP contribution in [0.5, 0.6) is 5.88 Å². The van der Waals surface area contributed by atoms with Crippen molar-refractivity contribution < 1.29 is 19.4 Å². The fraction of sp³-hybridized carbons (Fsp3) is 0.312. The van der Waals surface area contributed by atoms with Gasteiger partial charge in [0.1, 0.15) is 0 Å². The Morgan fingerprint density at radius 3 is 2.83 bits per heavy atom. The fourth-order valence-electron chi connectivity index (χ4n) is 2.81. The number of rotatable bonds is 3. The number of likely N-dealkylation sites (tertiary alicyclic amines) is 1. The SMILES string of the molecule is COc1nccc2c(NC(=O)N3CCC(O)(C(N)=O)C3)cccc12. The number of amides is 3. The van der Waals surface area contributed by atoms with Crippen molar-refractivity contribution in [3.8, 4) is 5.88 Å². The van der Waals surface area contributed by atoms with E-state index in [1.54, 1.807) is 24.4 Å². The third-order valence-electron chi connectivity index (χ3n) is 4.20. The van der Waals surface area contributed by atoms with Crippen molar-refractivity contribution in [2.75, 3.05) is 25.5 Å². The van der Waals surface area contributed by atoms with Gasteiger partial charge in [0.15, 0.2) is 5.60 Å². The van der Waals surface area contributed by atoms with Crippen molar-refractivity contribution in [2.45, 2.75) is 12.0 Å². The van der Waals surface area contributed by atoms with Crippen LogP contribution in [0, 0.1) is 0 Å². The minimum absolute atomic E-state index is 0.121. The van der Waals surface area contributed by atoms with Crippen molar-refractivity contribution in [3.05, 3.63) is 30.5 Å². The lowest BCUT2D eigenvalue weighted by atomic mass is 10.0. The maximum Gasteiger partial charge on any atom is 0.321 e. The van der Waals surface area contributed by atoms with Crippen LogP contribution in [0.2, 0.25) is 0 Å². The van der Waals surface area contributed by atoms with E-state index in [-0.39, 0.29) is 19.5 Å². The van der Waals surface area contributed by atoms with Gasteiger partial charge in [-0.15, -0.1) is 0 Å². The van der Waals surface area contributed by atoms with Gasteiger partial charge in [0.2, 0.25) is 5.88 Å². The number of hydrogen-bond donors (Lipinski definition) is 3. The fourth-order valence-corrected chi connectivity index (χ4v) is 2.81. The number of carbonyl (C=O) groups excluding carboxylic acids is 2. The Kier molecular flexibility index (Phi) is 3.98. The Hall–Kier alpha value is -2.87. The van der Waals surface area contributed by atoms with Gasteiger partial charge < -0.3 is 25.8 Å². The summed E-state index contributed by atoms with van der Waals surface area (Å²) in [4.78, 5) is 29.2. The van der Waals surface area contributed by atoms with E-state index in [0.29, 0.717) is 11.6 Å². The summed E-state index contributed by atoms with van der Waals surface area (Å²) in [6.07, 6.45) is 1.72. The van der Waals surface area contributed by atoms with E-state index in [4.69, 9.17) is 10.5 Å². The van der Waals surface area contributed by atoms with E-state index in [1.807, 2.05) is 6.07 Å². The molecule has 1 aromatic carbocycles. The van der Waals surface area contributed by atoms with Crippen LogP contribution in [0.25, 0.3) is 10.8 Å². The smallest absolute Gasteiger partial charge is 0.321 e. The van der Waals surface area contributed by atoms with Crippen molar-refractivity contribution in [1.29, 1.82) is 0 Å². The van der Waals surface area contributed by atoms with E-state index < -0.39 is 17.5 Å². The molecule has 2 heterocycles. The van der Waals surface area contributed by atoms with E-state index in [1.165, 1.54) is 12.0 Å². The molecule has 24 heavy (non-hydrogen) atoms. The van der Waals surface area contributed by atoms with Crippen LogP contribution >= 0.6 is 0 Å². The molecule has 1 fully saturated rings. The number of pyridine rings is 1. The lowest BCUT2D eigenvalue weighted by Crippen LogP contribution is -2.47. The van der Waals surface area contributed by atoms with E-state index in [2.05, 4.69) is 10.3 Å². The number of β-amino-alcohol motifs (C(OH)–C–C–N with tert-alkyl or cyclic N) is 1. The number of aromatic nitrogens is 1. The Morgan fingerprint density at radius 1 is 1.38 bits per heavy atom. The summed E-state index contributed by atoms with van der Waals surface area (Å²) in [5.74, 6) is -0.355. The number of nitrogens with two attached hydrogens (primary N) is 1. The highest BCUT2D eigenvalue weighted by molar-refractivity contribution is 6.03. The molecule has 2 aromatic rings. The molecule has 1 aromatic heterocycles. The molecule has 0 radical (unpaired) electrons. The van der Waals surface area contributed by atoms with Crippen molar-refractivity contribution in [1.82, 2.24) is 9.88 Å². The van der Waals surface area contributed by atoms with Crippen LogP contribution in [0.1, 0.15) is 6.42 Å². The topological polar surface area (TPSA) is 118 Å². The number of fused-ring (bicyclic) bond motifs is 1. The average Bonchev–Trinajstić information content (AvgIpc) is 2.98. The van der Waals surface area contributed by atoms with Gasteiger partial charge >= 0.3 is 6.03 Å². The Bertz CT molecular complexity index is 810. The quantitative estimate of drug-likeness (QED) is 0.765. The molecule has 0 aliphatic carbocycles. The molecule has 8 nitrogen and oxygen atoms in total. The third kappa shape index (κ3) is 2.71. The maximum absolute atomic E-state index is 12.4. The summed E-state index contributed by atoms with van der Waals surface area (Å²) in [6, 6.07) is 6.76. The first kappa shape index (κ1) is 16.0. The van der Waals surface area contributed by atoms with E-state index in [0.717, 1.165) is 10.8 Å². The standard InChI is InChI=1S/C16H18N4O4/c1-24-13-11-3-2-4-12(10(11)5-7-18-13)19-15(22)20-8-6-16(23,9-20)14(17)21/h2-5,7,23H,6,8-9H2,1H3,(H2,17,21)(H,19,22). The molecule has 0 saturated carbocycles. The molecular formula is C16H18N4O4. The number of benzene rings is 1. The minimum atomic E-state index is -1.66. The molecule has 3 amide bonds. The lowest BCUT2D eigenvalue weighted by molar-refractivity contribution is -0.134. The number of ether oxygens (including phenoxy) is 1.